The molecule has 0 radical (unpaired) electrons. The molecular weight excluding hydrogens is 364 g/mol. The molecule has 0 fully saturated rings. The predicted octanol–water partition coefficient (Wildman–Crippen LogP) is 4.45. The zero-order valence-electron chi connectivity index (χ0n) is 16.8. The van der Waals surface area contributed by atoms with Gasteiger partial charge in [0, 0.05) is 41.8 Å². The van der Waals surface area contributed by atoms with Crippen molar-refractivity contribution in [2.45, 2.75) is 20.8 Å². The predicted molar refractivity (Wildman–Crippen MR) is 115 cm³/mol. The normalized spacial score (nSPS) is 13.1. The first kappa shape index (κ1) is 18.7. The third-order valence-corrected chi connectivity index (χ3v) is 4.80. The number of aromatic nitrogens is 5. The summed E-state index contributed by atoms with van der Waals surface area (Å²) < 4.78 is 7.35. The Labute approximate surface area is 169 Å². The molecule has 7 heteroatoms. The molecule has 0 amide bonds. The van der Waals surface area contributed by atoms with Crippen molar-refractivity contribution in [2.24, 2.45) is 0 Å². The number of nitrogens with zero attached hydrogens (tertiary/aromatic N) is 5. The van der Waals surface area contributed by atoms with E-state index in [0.717, 1.165) is 40.3 Å². The van der Waals surface area contributed by atoms with E-state index in [1.165, 1.54) is 5.56 Å². The minimum absolute atomic E-state index is 0.638. The van der Waals surface area contributed by atoms with Gasteiger partial charge in [0.05, 0.1) is 19.0 Å². The minimum Gasteiger partial charge on any atom is -0.498 e. The maximum atomic E-state index is 5.33. The number of ether oxygens (including phenoxy) is 1. The molecule has 0 atom stereocenters. The fraction of sp³-hybridized carbons (Fsp3) is 0.227. The van der Waals surface area contributed by atoms with Crippen molar-refractivity contribution in [2.75, 3.05) is 18.1 Å². The van der Waals surface area contributed by atoms with Crippen LogP contribution in [0, 0.1) is 6.92 Å². The van der Waals surface area contributed by atoms with E-state index in [-0.39, 0.29) is 0 Å². The Bertz CT molecular complexity index is 1130. The maximum Gasteiger partial charge on any atom is 0.148 e. The van der Waals surface area contributed by atoms with E-state index in [1.54, 1.807) is 12.5 Å². The van der Waals surface area contributed by atoms with Crippen LogP contribution in [0.25, 0.3) is 28.0 Å². The lowest BCUT2D eigenvalue weighted by Crippen LogP contribution is -2.25. The molecule has 4 aromatic heterocycles. The SMILES string of the molecule is CC.Cc1ccncc1-c1cc(N2C=COCC2)nc2c1ccn2-c1ccn[nH]1. The molecule has 0 aromatic carbocycles. The van der Waals surface area contributed by atoms with Crippen molar-refractivity contribution in [3.05, 3.63) is 67.1 Å². The highest BCUT2D eigenvalue weighted by molar-refractivity contribution is 5.96. The van der Waals surface area contributed by atoms with E-state index in [4.69, 9.17) is 9.72 Å². The lowest BCUT2D eigenvalue weighted by molar-refractivity contribution is 0.245. The van der Waals surface area contributed by atoms with Gasteiger partial charge in [-0.1, -0.05) is 13.8 Å². The molecule has 1 aliphatic rings. The Morgan fingerprint density at radius 1 is 1.10 bits per heavy atom. The number of hydrogen-bond donors (Lipinski definition) is 1. The molecule has 1 aliphatic heterocycles. The molecule has 0 spiro atoms. The Morgan fingerprint density at radius 2 is 2.00 bits per heavy atom. The molecule has 0 aliphatic carbocycles. The van der Waals surface area contributed by atoms with Crippen LogP contribution in [0.3, 0.4) is 0 Å². The van der Waals surface area contributed by atoms with Gasteiger partial charge in [-0.25, -0.2) is 4.98 Å². The van der Waals surface area contributed by atoms with Gasteiger partial charge in [0.15, 0.2) is 0 Å². The molecule has 4 aromatic rings. The number of aryl methyl sites for hydroxylation is 1. The molecule has 29 heavy (non-hydrogen) atoms. The zero-order valence-corrected chi connectivity index (χ0v) is 16.8. The summed E-state index contributed by atoms with van der Waals surface area (Å²) >= 11 is 0. The van der Waals surface area contributed by atoms with Crippen LogP contribution in [0.2, 0.25) is 0 Å². The Kier molecular flexibility index (Phi) is 5.29. The Hall–Kier alpha value is -3.61. The average molecular weight is 388 g/mol. The van der Waals surface area contributed by atoms with Gasteiger partial charge in [0.2, 0.25) is 0 Å². The summed E-state index contributed by atoms with van der Waals surface area (Å²) in [6.45, 7) is 7.49. The van der Waals surface area contributed by atoms with Crippen molar-refractivity contribution in [3.8, 4) is 16.9 Å². The number of H-pyrrole nitrogens is 1. The van der Waals surface area contributed by atoms with E-state index >= 15 is 0 Å². The van der Waals surface area contributed by atoms with Crippen molar-refractivity contribution in [3.63, 3.8) is 0 Å². The maximum absolute atomic E-state index is 5.33. The van der Waals surface area contributed by atoms with Gasteiger partial charge in [0.1, 0.15) is 23.9 Å². The molecule has 0 bridgehead atoms. The van der Waals surface area contributed by atoms with Gasteiger partial charge >= 0.3 is 0 Å². The van der Waals surface area contributed by atoms with E-state index in [9.17, 15) is 0 Å². The van der Waals surface area contributed by atoms with Crippen molar-refractivity contribution in [1.82, 2.24) is 24.7 Å². The average Bonchev–Trinajstić information content (AvgIpc) is 3.45. The van der Waals surface area contributed by atoms with Gasteiger partial charge in [-0.05, 0) is 36.2 Å². The molecule has 0 unspecified atom stereocenters. The Morgan fingerprint density at radius 3 is 2.72 bits per heavy atom. The van der Waals surface area contributed by atoms with Gasteiger partial charge in [-0.3, -0.25) is 14.6 Å². The van der Waals surface area contributed by atoms with Crippen LogP contribution < -0.4 is 4.90 Å². The largest absolute Gasteiger partial charge is 0.498 e. The Balaban J connectivity index is 0.000000994. The second kappa shape index (κ2) is 8.18. The zero-order chi connectivity index (χ0) is 20.2. The molecular formula is C22H24N6O. The topological polar surface area (TPSA) is 71.9 Å². The van der Waals surface area contributed by atoms with E-state index in [1.807, 2.05) is 55.3 Å². The van der Waals surface area contributed by atoms with Crippen LogP contribution in [0.15, 0.2) is 61.5 Å². The highest BCUT2D eigenvalue weighted by Crippen LogP contribution is 2.34. The van der Waals surface area contributed by atoms with E-state index < -0.39 is 0 Å². The molecule has 0 saturated carbocycles. The number of nitrogens with one attached hydrogen (secondary N) is 1. The molecule has 5 heterocycles. The summed E-state index contributed by atoms with van der Waals surface area (Å²) in [4.78, 5) is 11.4. The lowest BCUT2D eigenvalue weighted by atomic mass is 10.0. The number of pyridine rings is 2. The molecule has 0 saturated heterocycles. The van der Waals surface area contributed by atoms with E-state index in [0.29, 0.717) is 6.61 Å². The molecule has 7 nitrogen and oxygen atoms in total. The summed E-state index contributed by atoms with van der Waals surface area (Å²) in [5.74, 6) is 1.75. The summed E-state index contributed by atoms with van der Waals surface area (Å²) in [5, 5.41) is 8.16. The quantitative estimate of drug-likeness (QED) is 0.561. The smallest absolute Gasteiger partial charge is 0.148 e. The van der Waals surface area contributed by atoms with Crippen LogP contribution in [0.1, 0.15) is 19.4 Å². The fourth-order valence-corrected chi connectivity index (χ4v) is 3.39. The van der Waals surface area contributed by atoms with Crippen LogP contribution in [0.5, 0.6) is 0 Å². The summed E-state index contributed by atoms with van der Waals surface area (Å²) in [7, 11) is 0. The molecule has 1 N–H and O–H groups in total. The standard InChI is InChI=1S/C20H18N6O.C2H6/c1-14-2-5-21-13-17(14)16-12-19(25-8-10-27-11-9-25)23-20-15(16)4-7-26(20)18-3-6-22-24-18;1-2/h2-8,10,12-13H,9,11H2,1H3,(H,22,24);1-2H3. The fourth-order valence-electron chi connectivity index (χ4n) is 3.39. The van der Waals surface area contributed by atoms with Crippen LogP contribution >= 0.6 is 0 Å². The highest BCUT2D eigenvalue weighted by Gasteiger charge is 2.17. The molecule has 148 valence electrons. The second-order valence-corrected chi connectivity index (χ2v) is 6.43. The van der Waals surface area contributed by atoms with Crippen LogP contribution in [-0.4, -0.2) is 37.9 Å². The number of rotatable bonds is 3. The number of hydrogen-bond acceptors (Lipinski definition) is 5. The van der Waals surface area contributed by atoms with Gasteiger partial charge in [-0.2, -0.15) is 5.10 Å². The lowest BCUT2D eigenvalue weighted by Gasteiger charge is -2.23. The first-order valence-electron chi connectivity index (χ1n) is 9.79. The third-order valence-electron chi connectivity index (χ3n) is 4.80. The molecule has 5 rings (SSSR count). The summed E-state index contributed by atoms with van der Waals surface area (Å²) in [5.41, 5.74) is 4.26. The first-order chi connectivity index (χ1) is 14.3. The summed E-state index contributed by atoms with van der Waals surface area (Å²) in [6, 6.07) is 8.17. The van der Waals surface area contributed by atoms with Crippen LogP contribution in [-0.2, 0) is 4.74 Å². The van der Waals surface area contributed by atoms with E-state index in [2.05, 4.69) is 39.1 Å². The summed E-state index contributed by atoms with van der Waals surface area (Å²) in [6.07, 6.45) is 11.1. The van der Waals surface area contributed by atoms with Gasteiger partial charge in [-0.15, -0.1) is 0 Å². The van der Waals surface area contributed by atoms with Crippen molar-refractivity contribution < 1.29 is 4.74 Å². The van der Waals surface area contributed by atoms with Crippen LogP contribution in [0.4, 0.5) is 5.82 Å². The van der Waals surface area contributed by atoms with Crippen molar-refractivity contribution >= 4 is 16.9 Å². The second-order valence-electron chi connectivity index (χ2n) is 6.43. The monoisotopic (exact) mass is 388 g/mol. The van der Waals surface area contributed by atoms with Gasteiger partial charge in [0.25, 0.3) is 0 Å². The number of anilines is 1. The number of aromatic amines is 1. The van der Waals surface area contributed by atoms with Gasteiger partial charge < -0.3 is 9.64 Å². The van der Waals surface area contributed by atoms with Crippen molar-refractivity contribution in [1.29, 1.82) is 0 Å². The third kappa shape index (κ3) is 3.47. The first-order valence-corrected chi connectivity index (χ1v) is 9.79. The number of fused-ring (bicyclic) bond motifs is 1. The highest BCUT2D eigenvalue weighted by atomic mass is 16.5. The minimum atomic E-state index is 0.638.